The minimum Gasteiger partial charge on any atom is -0.462 e. The second-order valence-electron chi connectivity index (χ2n) is 35.3. The van der Waals surface area contributed by atoms with Gasteiger partial charge in [-0.15, -0.1) is 0 Å². The van der Waals surface area contributed by atoms with Crippen molar-refractivity contribution >= 4 is 24.7 Å². The number of carbonyl (C=O) groups excluding carboxylic acids is 4. The van der Waals surface area contributed by atoms with Crippen LogP contribution in [0.1, 0.15) is 140 Å². The first kappa shape index (κ1) is 86.1. The molecule has 12 rings (SSSR count). The lowest BCUT2D eigenvalue weighted by atomic mass is 9.32. The van der Waals surface area contributed by atoms with E-state index in [9.17, 15) is 101 Å². The smallest absolute Gasteiger partial charge is 0.317 e. The molecule has 11 fully saturated rings. The molecule has 7 aliphatic carbocycles. The van der Waals surface area contributed by atoms with E-state index in [0.717, 1.165) is 13.2 Å². The van der Waals surface area contributed by atoms with Gasteiger partial charge >= 0.3 is 11.9 Å². The van der Waals surface area contributed by atoms with E-state index in [2.05, 4.69) is 46.8 Å². The number of aldehydes is 1. The van der Waals surface area contributed by atoms with Crippen LogP contribution in [0.4, 0.5) is 0 Å². The fourth-order valence-corrected chi connectivity index (χ4v) is 21.7. The Morgan fingerprint density at radius 2 is 1.09 bits per heavy atom. The van der Waals surface area contributed by atoms with Gasteiger partial charge in [0.05, 0.1) is 73.4 Å². The number of fused-ring (bicyclic) bond motifs is 7. The highest BCUT2D eigenvalue weighted by Crippen LogP contribution is 2.76. The van der Waals surface area contributed by atoms with Crippen LogP contribution in [0.5, 0.6) is 0 Å². The van der Waals surface area contributed by atoms with Crippen LogP contribution in [-0.4, -0.2) is 340 Å². The van der Waals surface area contributed by atoms with Gasteiger partial charge in [0, 0.05) is 13.3 Å². The van der Waals surface area contributed by atoms with Gasteiger partial charge in [0.1, 0.15) is 128 Å². The van der Waals surface area contributed by atoms with Gasteiger partial charge in [0.25, 0.3) is 6.47 Å². The highest BCUT2D eigenvalue weighted by atomic mass is 16.8. The summed E-state index contributed by atoms with van der Waals surface area (Å²) in [7, 11) is 0. The Kier molecular flexibility index (Phi) is 25.7. The molecule has 0 radical (unpaired) electrons. The summed E-state index contributed by atoms with van der Waals surface area (Å²) in [5.74, 6) is -4.35. The first-order valence-electron chi connectivity index (χ1n) is 38.9. The van der Waals surface area contributed by atoms with E-state index in [1.807, 2.05) is 0 Å². The van der Waals surface area contributed by atoms with Gasteiger partial charge in [0.2, 0.25) is 6.29 Å². The molecule has 35 heteroatoms. The van der Waals surface area contributed by atoms with Gasteiger partial charge in [-0.25, -0.2) is 0 Å². The third kappa shape index (κ3) is 15.0. The van der Waals surface area contributed by atoms with E-state index in [1.165, 1.54) is 6.92 Å². The Labute approximate surface area is 637 Å². The molecule has 35 nitrogen and oxygen atoms in total. The maximum absolute atomic E-state index is 16.3. The molecule has 17 N–H and O–H groups in total. The van der Waals surface area contributed by atoms with Crippen LogP contribution in [0, 0.1) is 62.1 Å². The number of rotatable bonds is 20. The van der Waals surface area contributed by atoms with Gasteiger partial charge in [-0.2, -0.15) is 0 Å². The van der Waals surface area contributed by atoms with Crippen molar-refractivity contribution in [2.24, 2.45) is 62.1 Å². The zero-order valence-electron chi connectivity index (χ0n) is 63.7. The van der Waals surface area contributed by atoms with E-state index in [1.54, 1.807) is 20.8 Å². The van der Waals surface area contributed by atoms with Crippen molar-refractivity contribution in [3.63, 3.8) is 0 Å². The summed E-state index contributed by atoms with van der Waals surface area (Å²) in [5, 5.41) is 190. The lowest BCUT2D eigenvalue weighted by Gasteiger charge is -2.72. The molecule has 5 aliphatic heterocycles. The monoisotopic (exact) mass is 1580 g/mol. The van der Waals surface area contributed by atoms with Crippen LogP contribution in [0.15, 0.2) is 12.2 Å². The van der Waals surface area contributed by atoms with Crippen molar-refractivity contribution in [2.45, 2.75) is 348 Å². The van der Waals surface area contributed by atoms with Crippen molar-refractivity contribution in [1.82, 2.24) is 0 Å². The number of hydrogen-bond acceptors (Lipinski definition) is 35. The summed E-state index contributed by atoms with van der Waals surface area (Å²) >= 11 is 0. The molecule has 12 aliphatic rings. The summed E-state index contributed by atoms with van der Waals surface area (Å²) < 4.78 is 86.7. The Bertz CT molecular complexity index is 3210. The molecule has 0 bridgehead atoms. The first-order chi connectivity index (χ1) is 51.7. The zero-order valence-corrected chi connectivity index (χ0v) is 63.7. The van der Waals surface area contributed by atoms with Crippen LogP contribution in [0.3, 0.4) is 0 Å². The number of esters is 2. The highest BCUT2D eigenvalue weighted by Gasteiger charge is 2.74. The van der Waals surface area contributed by atoms with Crippen LogP contribution in [-0.2, 0) is 85.5 Å². The second-order valence-corrected chi connectivity index (χ2v) is 35.3. The largest absolute Gasteiger partial charge is 0.462 e. The standard InChI is InChI=1S/C75H118O35/c1-11-36-47(85)51(89)56(94)66(104-36)109-62-59(101-31(4)79)30(3)100-68(63(62)103-38-20-29(2)58(53(91)48(38)86)106-64-54(92)45(83)34(80)25-97-64)110-69(96)75-19-18-70(5,6)22-33(75)32-12-13-42-71(7)16-15-44(72(8,27-77)41(71)14-17-73(42,9)74(32,10)23-43(75)82)102-39-21-37(99-28-78)50(88)61(108-65-55(93)46(84)35(81)26-98-65)60(39)107-67-57(95)52(90)49(87)40(24-76)105-67/h12-13,27-30,32-68,76,80-95H,11,14-26H2,1-10H3/t29?,30?,32?,33-,34?,35?,36?,37?,38?,39?,40?,41+,42+,43+,44-,45?,46?,47?,48?,49?,50?,51?,52?,53?,54?,55?,56?,57?,58?,59?,60?,61?,62?,63?,64?,65?,66?,67?,68?,71-,72-,73+,74+,75+/m0/s1. The second kappa shape index (κ2) is 32.9. The van der Waals surface area contributed by atoms with Crippen molar-refractivity contribution < 1.29 is 172 Å². The van der Waals surface area contributed by atoms with Gasteiger partial charge in [0.15, 0.2) is 37.4 Å². The summed E-state index contributed by atoms with van der Waals surface area (Å²) in [5.41, 5.74) is -5.66. The quantitative estimate of drug-likeness (QED) is 0.0239. The number of aliphatic hydroxyl groups excluding tert-OH is 17. The molecular weight excluding hydrogens is 1460 g/mol. The Morgan fingerprint density at radius 1 is 0.509 bits per heavy atom. The van der Waals surface area contributed by atoms with E-state index >= 15 is 4.79 Å². The number of ether oxygens (including phenoxy) is 14. The Hall–Kier alpha value is -3.30. The Morgan fingerprint density at radius 3 is 1.68 bits per heavy atom. The molecule has 44 atom stereocenters. The minimum atomic E-state index is -2.00. The molecular formula is C75H118O35. The molecule has 628 valence electrons. The zero-order chi connectivity index (χ0) is 80.3. The summed E-state index contributed by atoms with van der Waals surface area (Å²) in [6, 6.07) is 0. The molecule has 5 heterocycles. The maximum Gasteiger partial charge on any atom is 0.317 e. The van der Waals surface area contributed by atoms with E-state index < -0.39 is 296 Å². The molecule has 0 amide bonds. The van der Waals surface area contributed by atoms with Crippen LogP contribution in [0.2, 0.25) is 0 Å². The lowest BCUT2D eigenvalue weighted by molar-refractivity contribution is -0.367. The third-order valence-corrected chi connectivity index (χ3v) is 28.3. The number of aliphatic hydroxyl groups is 17. The predicted octanol–water partition coefficient (Wildman–Crippen LogP) is -3.97. The van der Waals surface area contributed by atoms with Crippen molar-refractivity contribution in [3.8, 4) is 0 Å². The molecule has 0 aromatic carbocycles. The lowest BCUT2D eigenvalue weighted by Crippen LogP contribution is -2.70. The fraction of sp³-hybridized carbons (Fsp3) is 0.920. The number of carbonyl (C=O) groups is 4. The van der Waals surface area contributed by atoms with E-state index in [4.69, 9.17) is 66.3 Å². The number of hydrogen-bond donors (Lipinski definition) is 17. The van der Waals surface area contributed by atoms with Crippen molar-refractivity contribution in [1.29, 1.82) is 0 Å². The summed E-state index contributed by atoms with van der Waals surface area (Å²) in [4.78, 5) is 56.1. The van der Waals surface area contributed by atoms with E-state index in [-0.39, 0.29) is 50.9 Å². The molecule has 0 aromatic rings. The summed E-state index contributed by atoms with van der Waals surface area (Å²) in [6.07, 6.45) is -48.6. The molecule has 0 spiro atoms. The SMILES string of the molecule is CCC1OC(OC2C(OC(C)=O)C(C)OC(OC(=O)[C@]34CCC(C)(C)C[C@H]3C3C=C[C@@H]5[C@@]6(C)CC[C@H](OC7CC(OC=O)C(O)C(OC8OCC(O)C(O)C8O)C7OC7OC(CO)C(O)C(O)C7O)[C@@](C)(C=O)[C@@H]6CC[C@@]5(C)[C@]3(C)C[C@H]4O)C2OC2CC(C)C(OC3OCC(O)C(O)C3O)C(O)C2O)C(O)C(O)C1O. The highest BCUT2D eigenvalue weighted by molar-refractivity contribution is 5.79. The normalized spacial score (nSPS) is 54.3. The minimum absolute atomic E-state index is 0.0547. The molecule has 110 heavy (non-hydrogen) atoms. The molecule has 6 saturated carbocycles. The third-order valence-electron chi connectivity index (χ3n) is 28.3. The molecule has 0 aromatic heterocycles. The van der Waals surface area contributed by atoms with Gasteiger partial charge < -0.3 is 158 Å². The van der Waals surface area contributed by atoms with Gasteiger partial charge in [-0.3, -0.25) is 14.4 Å². The van der Waals surface area contributed by atoms with Crippen LogP contribution < -0.4 is 0 Å². The maximum atomic E-state index is 16.3. The molecule has 34 unspecified atom stereocenters. The summed E-state index contributed by atoms with van der Waals surface area (Å²) in [6.45, 7) is 16.6. The van der Waals surface area contributed by atoms with Gasteiger partial charge in [-0.05, 0) is 122 Å². The topological polar surface area (TPSA) is 541 Å². The van der Waals surface area contributed by atoms with Gasteiger partial charge in [-0.1, -0.05) is 67.5 Å². The van der Waals surface area contributed by atoms with Crippen molar-refractivity contribution in [3.05, 3.63) is 12.2 Å². The van der Waals surface area contributed by atoms with Crippen molar-refractivity contribution in [2.75, 3.05) is 19.8 Å². The predicted molar refractivity (Wildman–Crippen MR) is 367 cm³/mol. The first-order valence-corrected chi connectivity index (χ1v) is 38.9. The fourth-order valence-electron chi connectivity index (χ4n) is 21.7. The Balaban J connectivity index is 0.850. The average molecular weight is 1580 g/mol. The number of allylic oxidation sites excluding steroid dienone is 2. The molecule has 5 saturated heterocycles. The van der Waals surface area contributed by atoms with Crippen LogP contribution >= 0.6 is 0 Å². The average Bonchev–Trinajstić information content (AvgIpc) is 0.669. The van der Waals surface area contributed by atoms with Crippen LogP contribution in [0.25, 0.3) is 0 Å². The van der Waals surface area contributed by atoms with E-state index in [0.29, 0.717) is 32.1 Å².